The molecular weight excluding hydrogens is 478 g/mol. The Balaban J connectivity index is 1.89. The van der Waals surface area contributed by atoms with Gasteiger partial charge in [0.05, 0.1) is 6.61 Å². The minimum Gasteiger partial charge on any atom is -0.479 e. The first kappa shape index (κ1) is 30.2. The summed E-state index contributed by atoms with van der Waals surface area (Å²) in [6.07, 6.45) is 1.35. The van der Waals surface area contributed by atoms with Gasteiger partial charge in [0.1, 0.15) is 6.61 Å². The minimum atomic E-state index is -1.67. The second-order valence-electron chi connectivity index (χ2n) is 8.85. The van der Waals surface area contributed by atoms with Crippen LogP contribution in [-0.2, 0) is 35.0 Å². The number of aliphatic hydroxyl groups is 1. The number of fused-ring (bicyclic) bond motifs is 1. The molecule has 0 radical (unpaired) electrons. The molecule has 0 saturated carbocycles. The number of aliphatic hydroxyl groups excluding tert-OH is 1. The van der Waals surface area contributed by atoms with Gasteiger partial charge in [-0.15, -0.1) is 0 Å². The number of unbranched alkanes of at least 4 members (excludes halogenated alkanes) is 3. The third-order valence-corrected chi connectivity index (χ3v) is 5.95. The highest BCUT2D eigenvalue weighted by Crippen LogP contribution is 2.17. The van der Waals surface area contributed by atoms with Gasteiger partial charge in [-0.1, -0.05) is 48.9 Å². The van der Waals surface area contributed by atoms with E-state index in [-0.39, 0.29) is 19.8 Å². The summed E-state index contributed by atoms with van der Waals surface area (Å²) in [6.45, 7) is 1.61. The molecule has 0 aliphatic rings. The molecule has 1 amide bonds. The number of ether oxygens (including phenoxy) is 3. The summed E-state index contributed by atoms with van der Waals surface area (Å²) in [4.78, 5) is 38.1. The second-order valence-corrected chi connectivity index (χ2v) is 8.85. The van der Waals surface area contributed by atoms with Crippen molar-refractivity contribution >= 4 is 28.6 Å². The Bertz CT molecular complexity index is 995. The lowest BCUT2D eigenvalue weighted by Gasteiger charge is -2.28. The number of esters is 1. The van der Waals surface area contributed by atoms with Crippen molar-refractivity contribution in [1.29, 1.82) is 0 Å². The predicted octanol–water partition coefficient (Wildman–Crippen LogP) is 3.20. The number of carbonyl (C=O) groups is 3. The number of amides is 1. The summed E-state index contributed by atoms with van der Waals surface area (Å²) in [5, 5.41) is 21.1. The molecule has 0 saturated heterocycles. The topological polar surface area (TPSA) is 123 Å². The van der Waals surface area contributed by atoms with Crippen LogP contribution in [-0.4, -0.2) is 85.2 Å². The van der Waals surface area contributed by atoms with E-state index in [4.69, 9.17) is 19.3 Å². The number of carboxylic acid groups (broad SMARTS) is 1. The highest BCUT2D eigenvalue weighted by molar-refractivity contribution is 5.88. The van der Waals surface area contributed by atoms with Gasteiger partial charge < -0.3 is 29.3 Å². The first-order chi connectivity index (χ1) is 17.9. The number of aryl methyl sites for hydroxylation is 1. The average Bonchev–Trinajstić information content (AvgIpc) is 2.89. The number of likely N-dealkylation sites (N-methyl/N-ethyl adjacent to an activating group) is 1. The molecule has 2 aromatic rings. The summed E-state index contributed by atoms with van der Waals surface area (Å²) >= 11 is 0. The first-order valence-electron chi connectivity index (χ1n) is 12.8. The lowest BCUT2D eigenvalue weighted by atomic mass is 10.0. The van der Waals surface area contributed by atoms with Gasteiger partial charge in [-0.3, -0.25) is 4.79 Å². The second kappa shape index (κ2) is 16.7. The van der Waals surface area contributed by atoms with E-state index >= 15 is 0 Å². The summed E-state index contributed by atoms with van der Waals surface area (Å²) in [5.74, 6) is -2.66. The van der Waals surface area contributed by atoms with Crippen LogP contribution in [0.3, 0.4) is 0 Å². The van der Waals surface area contributed by atoms with Gasteiger partial charge in [-0.25, -0.2) is 9.59 Å². The highest BCUT2D eigenvalue weighted by atomic mass is 16.6. The number of nitrogens with zero attached hydrogens (tertiary/aromatic N) is 1. The molecule has 204 valence electrons. The fourth-order valence-electron chi connectivity index (χ4n) is 3.94. The van der Waals surface area contributed by atoms with Gasteiger partial charge in [0.25, 0.3) is 5.91 Å². The van der Waals surface area contributed by atoms with Crippen molar-refractivity contribution in [3.8, 4) is 0 Å². The van der Waals surface area contributed by atoms with Gasteiger partial charge >= 0.3 is 11.9 Å². The Morgan fingerprint density at radius 3 is 2.38 bits per heavy atom. The standard InChI is InChI=1S/C28H39NO8/c1-3-35-24(31)20-37-26(28(33)34)25(36-18-10-9-17-30)27(32)29(2)16-8-4-5-11-21-14-15-22-12-6-7-13-23(22)19-21/h6-7,12-15,19,25-26,30H,3-5,8-11,16-18,20H2,1-2H3,(H,33,34)/t25-,26-/m1/s1. The zero-order chi connectivity index (χ0) is 27.0. The quantitative estimate of drug-likeness (QED) is 0.228. The molecule has 2 N–H and O–H groups in total. The lowest BCUT2D eigenvalue weighted by molar-refractivity contribution is -0.177. The van der Waals surface area contributed by atoms with Crippen LogP contribution in [0.5, 0.6) is 0 Å². The molecule has 37 heavy (non-hydrogen) atoms. The molecule has 0 bridgehead atoms. The molecule has 0 heterocycles. The van der Waals surface area contributed by atoms with E-state index in [9.17, 15) is 19.5 Å². The molecule has 0 aromatic heterocycles. The van der Waals surface area contributed by atoms with Crippen LogP contribution < -0.4 is 0 Å². The van der Waals surface area contributed by atoms with Crippen molar-refractivity contribution in [2.24, 2.45) is 0 Å². The van der Waals surface area contributed by atoms with E-state index < -0.39 is 36.7 Å². The van der Waals surface area contributed by atoms with Gasteiger partial charge in [-0.2, -0.15) is 0 Å². The van der Waals surface area contributed by atoms with Crippen LogP contribution in [0.4, 0.5) is 0 Å². The molecule has 9 heteroatoms. The third kappa shape index (κ3) is 10.5. The van der Waals surface area contributed by atoms with Gasteiger partial charge in [0, 0.05) is 26.8 Å². The maximum Gasteiger partial charge on any atom is 0.336 e. The number of rotatable bonds is 18. The minimum absolute atomic E-state index is 0.0389. The Hall–Kier alpha value is -3.01. The Morgan fingerprint density at radius 1 is 0.919 bits per heavy atom. The summed E-state index contributed by atoms with van der Waals surface area (Å²) in [6, 6.07) is 14.7. The number of benzene rings is 2. The molecule has 9 nitrogen and oxygen atoms in total. The first-order valence-corrected chi connectivity index (χ1v) is 12.8. The zero-order valence-corrected chi connectivity index (χ0v) is 21.8. The molecule has 0 unspecified atom stereocenters. The molecular formula is C28H39NO8. The van der Waals surface area contributed by atoms with Crippen LogP contribution in [0.1, 0.15) is 44.6 Å². The van der Waals surface area contributed by atoms with Crippen LogP contribution in [0.2, 0.25) is 0 Å². The summed E-state index contributed by atoms with van der Waals surface area (Å²) < 4.78 is 15.6. The van der Waals surface area contributed by atoms with Crippen LogP contribution >= 0.6 is 0 Å². The van der Waals surface area contributed by atoms with Crippen molar-refractivity contribution in [3.63, 3.8) is 0 Å². The summed E-state index contributed by atoms with van der Waals surface area (Å²) in [5.41, 5.74) is 1.27. The van der Waals surface area contributed by atoms with E-state index in [1.165, 1.54) is 21.2 Å². The molecule has 0 aliphatic heterocycles. The van der Waals surface area contributed by atoms with Gasteiger partial charge in [-0.05, 0) is 55.4 Å². The Labute approximate surface area is 218 Å². The van der Waals surface area contributed by atoms with Crippen LogP contribution in [0.15, 0.2) is 42.5 Å². The van der Waals surface area contributed by atoms with E-state index in [2.05, 4.69) is 30.3 Å². The largest absolute Gasteiger partial charge is 0.479 e. The van der Waals surface area contributed by atoms with E-state index in [1.54, 1.807) is 14.0 Å². The third-order valence-electron chi connectivity index (χ3n) is 5.95. The number of carboxylic acids is 1. The van der Waals surface area contributed by atoms with Crippen molar-refractivity contribution in [2.45, 2.75) is 57.7 Å². The maximum atomic E-state index is 13.1. The highest BCUT2D eigenvalue weighted by Gasteiger charge is 2.38. The van der Waals surface area contributed by atoms with Gasteiger partial charge in [0.2, 0.25) is 0 Å². The number of carbonyl (C=O) groups excluding carboxylic acids is 2. The molecule has 0 fully saturated rings. The molecule has 2 aromatic carbocycles. The number of hydrogen-bond acceptors (Lipinski definition) is 7. The smallest absolute Gasteiger partial charge is 0.336 e. The van der Waals surface area contributed by atoms with Crippen molar-refractivity contribution in [2.75, 3.05) is 40.0 Å². The molecule has 2 rings (SSSR count). The van der Waals surface area contributed by atoms with Crippen LogP contribution in [0.25, 0.3) is 10.8 Å². The average molecular weight is 518 g/mol. The van der Waals surface area contributed by atoms with Crippen molar-refractivity contribution < 1.29 is 38.8 Å². The SMILES string of the molecule is CCOC(=O)CO[C@@H](C(=O)O)[C@@H](OCCCCO)C(=O)N(C)CCCCCc1ccc2ccccc2c1. The zero-order valence-electron chi connectivity index (χ0n) is 21.8. The molecule has 2 atom stereocenters. The van der Waals surface area contributed by atoms with E-state index in [1.807, 2.05) is 12.1 Å². The van der Waals surface area contributed by atoms with E-state index in [0.29, 0.717) is 19.4 Å². The molecule has 0 aliphatic carbocycles. The van der Waals surface area contributed by atoms with Crippen molar-refractivity contribution in [3.05, 3.63) is 48.0 Å². The molecule has 0 spiro atoms. The van der Waals surface area contributed by atoms with Crippen molar-refractivity contribution in [1.82, 2.24) is 4.90 Å². The Morgan fingerprint density at radius 2 is 1.68 bits per heavy atom. The lowest BCUT2D eigenvalue weighted by Crippen LogP contribution is -2.50. The fourth-order valence-corrected chi connectivity index (χ4v) is 3.94. The monoisotopic (exact) mass is 517 g/mol. The number of hydrogen-bond donors (Lipinski definition) is 2. The summed E-state index contributed by atoms with van der Waals surface area (Å²) in [7, 11) is 1.60. The maximum absolute atomic E-state index is 13.1. The van der Waals surface area contributed by atoms with Crippen LogP contribution in [0, 0.1) is 0 Å². The predicted molar refractivity (Wildman–Crippen MR) is 139 cm³/mol. The van der Waals surface area contributed by atoms with Gasteiger partial charge in [0.15, 0.2) is 12.2 Å². The Kier molecular flexibility index (Phi) is 13.6. The normalized spacial score (nSPS) is 12.7. The fraction of sp³-hybridized carbons (Fsp3) is 0.536. The van der Waals surface area contributed by atoms with E-state index in [0.717, 1.165) is 25.7 Å². The number of aliphatic carboxylic acids is 1.